The van der Waals surface area contributed by atoms with Gasteiger partial charge in [0.15, 0.2) is 0 Å². The second-order valence-electron chi connectivity index (χ2n) is 11.1. The topological polar surface area (TPSA) is 6.48 Å². The molecular weight excluding hydrogens is 460 g/mol. The molecule has 2 aliphatic carbocycles. The number of allylic oxidation sites excluding steroid dienone is 6. The van der Waals surface area contributed by atoms with E-state index in [0.717, 1.165) is 12.8 Å². The first-order valence-corrected chi connectivity index (χ1v) is 13.7. The molecular formula is C36H24N2. The van der Waals surface area contributed by atoms with Gasteiger partial charge in [0.25, 0.3) is 0 Å². The normalized spacial score (nSPS) is 22.0. The SMILES string of the molecule is C1=C2C(=CC1)N1c3cccc4c3-c3c(cccc3C3c5ccccc5C5=CCC=C5N43)C1c1ccccc12. The Balaban J connectivity index is 1.35. The Morgan fingerprint density at radius 1 is 0.447 bits per heavy atom. The van der Waals surface area contributed by atoms with E-state index in [1.165, 1.54) is 78.4 Å². The number of hydrogen-bond acceptors (Lipinski definition) is 2. The Bertz CT molecular complexity index is 1770. The zero-order valence-electron chi connectivity index (χ0n) is 20.9. The van der Waals surface area contributed by atoms with Gasteiger partial charge in [-0.2, -0.15) is 0 Å². The fourth-order valence-corrected chi connectivity index (χ4v) is 8.15. The van der Waals surface area contributed by atoms with Gasteiger partial charge in [-0.15, -0.1) is 0 Å². The van der Waals surface area contributed by atoms with Crippen LogP contribution in [0.2, 0.25) is 0 Å². The molecule has 178 valence electrons. The average molecular weight is 485 g/mol. The molecule has 0 amide bonds. The van der Waals surface area contributed by atoms with Gasteiger partial charge in [-0.05, 0) is 63.9 Å². The van der Waals surface area contributed by atoms with Crippen molar-refractivity contribution >= 4 is 22.5 Å². The molecule has 4 aromatic carbocycles. The summed E-state index contributed by atoms with van der Waals surface area (Å²) in [5.41, 5.74) is 19.5. The van der Waals surface area contributed by atoms with Crippen molar-refractivity contribution in [3.05, 3.63) is 154 Å². The van der Waals surface area contributed by atoms with Crippen LogP contribution >= 0.6 is 0 Å². The molecule has 4 aromatic rings. The minimum atomic E-state index is 0.178. The third-order valence-electron chi connectivity index (χ3n) is 9.45. The molecule has 2 unspecified atom stereocenters. The lowest BCUT2D eigenvalue weighted by atomic mass is 9.72. The third kappa shape index (κ3) is 2.11. The lowest BCUT2D eigenvalue weighted by molar-refractivity contribution is 0.733. The van der Waals surface area contributed by atoms with Crippen LogP contribution in [0.5, 0.6) is 0 Å². The van der Waals surface area contributed by atoms with Crippen molar-refractivity contribution in [1.29, 1.82) is 0 Å². The van der Waals surface area contributed by atoms with E-state index < -0.39 is 0 Å². The Labute approximate surface area is 222 Å². The lowest BCUT2D eigenvalue weighted by Gasteiger charge is -2.52. The summed E-state index contributed by atoms with van der Waals surface area (Å²) in [5.74, 6) is 0. The average Bonchev–Trinajstić information content (AvgIpc) is 3.67. The molecule has 0 spiro atoms. The van der Waals surface area contributed by atoms with Crippen molar-refractivity contribution in [3.8, 4) is 11.1 Å². The van der Waals surface area contributed by atoms with Crippen LogP contribution in [0.3, 0.4) is 0 Å². The Morgan fingerprint density at radius 3 is 1.47 bits per heavy atom. The summed E-state index contributed by atoms with van der Waals surface area (Å²) in [6, 6.07) is 32.6. The summed E-state index contributed by atoms with van der Waals surface area (Å²) in [6.45, 7) is 0. The van der Waals surface area contributed by atoms with Crippen LogP contribution in [-0.4, -0.2) is 0 Å². The first-order chi connectivity index (χ1) is 18.9. The molecule has 38 heavy (non-hydrogen) atoms. The van der Waals surface area contributed by atoms with Gasteiger partial charge in [-0.25, -0.2) is 0 Å². The van der Waals surface area contributed by atoms with Gasteiger partial charge in [0.05, 0.1) is 23.5 Å². The van der Waals surface area contributed by atoms with E-state index in [9.17, 15) is 0 Å². The van der Waals surface area contributed by atoms with E-state index in [-0.39, 0.29) is 12.1 Å². The molecule has 0 fully saturated rings. The molecule has 0 radical (unpaired) electrons. The standard InChI is InChI=1S/C36H24N2/c1-3-11-25-21(9-1)23-13-6-17-29(23)37-31-19-8-20-32-34(31)33-27(35(25)37)15-5-16-28(33)36-26-12-4-2-10-22(26)24-14-7-18-30(24)38(32)36/h1-5,8-20,35-36H,6-7H2. The predicted octanol–water partition coefficient (Wildman–Crippen LogP) is 8.54. The number of anilines is 2. The molecule has 0 saturated heterocycles. The molecule has 4 heterocycles. The van der Waals surface area contributed by atoms with Gasteiger partial charge in [0.2, 0.25) is 0 Å². The summed E-state index contributed by atoms with van der Waals surface area (Å²) in [6.07, 6.45) is 11.7. The first kappa shape index (κ1) is 19.5. The smallest absolute Gasteiger partial charge is 0.0857 e. The van der Waals surface area contributed by atoms with E-state index in [4.69, 9.17) is 0 Å². The number of fused-ring (bicyclic) bond motifs is 16. The summed E-state index contributed by atoms with van der Waals surface area (Å²) in [5, 5.41) is 0. The molecule has 2 heteroatoms. The summed E-state index contributed by atoms with van der Waals surface area (Å²) in [4.78, 5) is 5.29. The van der Waals surface area contributed by atoms with Gasteiger partial charge in [0, 0.05) is 28.1 Å². The van der Waals surface area contributed by atoms with E-state index in [2.05, 4.69) is 119 Å². The van der Waals surface area contributed by atoms with Crippen molar-refractivity contribution in [2.24, 2.45) is 0 Å². The number of hydrogen-bond donors (Lipinski definition) is 0. The fraction of sp³-hybridized carbons (Fsp3) is 0.111. The van der Waals surface area contributed by atoms with Crippen molar-refractivity contribution in [2.45, 2.75) is 24.9 Å². The largest absolute Gasteiger partial charge is 0.329 e. The summed E-state index contributed by atoms with van der Waals surface area (Å²) >= 11 is 0. The lowest BCUT2D eigenvalue weighted by Crippen LogP contribution is -2.41. The molecule has 0 aromatic heterocycles. The van der Waals surface area contributed by atoms with Crippen molar-refractivity contribution in [2.75, 3.05) is 9.80 Å². The van der Waals surface area contributed by atoms with Crippen LogP contribution < -0.4 is 9.80 Å². The first-order valence-electron chi connectivity index (χ1n) is 13.7. The van der Waals surface area contributed by atoms with E-state index in [1.807, 2.05) is 0 Å². The zero-order valence-corrected chi connectivity index (χ0v) is 20.9. The quantitative estimate of drug-likeness (QED) is 0.247. The molecule has 4 aliphatic heterocycles. The Morgan fingerprint density at radius 2 is 0.921 bits per heavy atom. The minimum absolute atomic E-state index is 0.178. The van der Waals surface area contributed by atoms with Crippen LogP contribution in [0.25, 0.3) is 22.3 Å². The number of benzene rings is 4. The second-order valence-corrected chi connectivity index (χ2v) is 11.1. The van der Waals surface area contributed by atoms with Crippen LogP contribution in [0, 0.1) is 0 Å². The highest BCUT2D eigenvalue weighted by Crippen LogP contribution is 2.64. The van der Waals surface area contributed by atoms with Crippen molar-refractivity contribution in [1.82, 2.24) is 0 Å². The molecule has 2 atom stereocenters. The van der Waals surface area contributed by atoms with Gasteiger partial charge < -0.3 is 9.80 Å². The second kappa shape index (κ2) is 6.65. The maximum Gasteiger partial charge on any atom is 0.0857 e. The molecule has 6 aliphatic rings. The highest BCUT2D eigenvalue weighted by atomic mass is 15.2. The maximum atomic E-state index is 2.64. The molecule has 10 rings (SSSR count). The van der Waals surface area contributed by atoms with Crippen LogP contribution in [0.1, 0.15) is 58.3 Å². The molecule has 0 N–H and O–H groups in total. The number of rotatable bonds is 0. The Hall–Kier alpha value is -4.56. The van der Waals surface area contributed by atoms with Crippen LogP contribution in [-0.2, 0) is 0 Å². The van der Waals surface area contributed by atoms with Crippen LogP contribution in [0.4, 0.5) is 11.4 Å². The molecule has 0 bridgehead atoms. The van der Waals surface area contributed by atoms with Crippen LogP contribution in [0.15, 0.2) is 121 Å². The van der Waals surface area contributed by atoms with Crippen molar-refractivity contribution in [3.63, 3.8) is 0 Å². The Kier molecular flexibility index (Phi) is 3.42. The molecule has 0 saturated carbocycles. The fourth-order valence-electron chi connectivity index (χ4n) is 8.15. The van der Waals surface area contributed by atoms with Gasteiger partial charge in [-0.3, -0.25) is 0 Å². The zero-order chi connectivity index (χ0) is 24.5. The third-order valence-corrected chi connectivity index (χ3v) is 9.45. The van der Waals surface area contributed by atoms with Crippen molar-refractivity contribution < 1.29 is 0 Å². The van der Waals surface area contributed by atoms with Gasteiger partial charge >= 0.3 is 0 Å². The van der Waals surface area contributed by atoms with E-state index in [0.29, 0.717) is 0 Å². The highest BCUT2D eigenvalue weighted by molar-refractivity contribution is 6.06. The maximum absolute atomic E-state index is 2.64. The summed E-state index contributed by atoms with van der Waals surface area (Å²) < 4.78 is 0. The van der Waals surface area contributed by atoms with Gasteiger partial charge in [-0.1, -0.05) is 97.1 Å². The van der Waals surface area contributed by atoms with E-state index in [1.54, 1.807) is 0 Å². The van der Waals surface area contributed by atoms with E-state index >= 15 is 0 Å². The minimum Gasteiger partial charge on any atom is -0.329 e. The monoisotopic (exact) mass is 484 g/mol. The number of nitrogens with zero attached hydrogens (tertiary/aromatic N) is 2. The van der Waals surface area contributed by atoms with Gasteiger partial charge in [0.1, 0.15) is 0 Å². The highest BCUT2D eigenvalue weighted by Gasteiger charge is 2.48. The predicted molar refractivity (Wildman–Crippen MR) is 155 cm³/mol. The summed E-state index contributed by atoms with van der Waals surface area (Å²) in [7, 11) is 0. The molecule has 2 nitrogen and oxygen atoms in total.